The van der Waals surface area contributed by atoms with E-state index >= 15 is 0 Å². The lowest BCUT2D eigenvalue weighted by Gasteiger charge is -2.34. The molecule has 0 spiro atoms. The number of methoxy groups -OCH3 is 1. The molecule has 0 radical (unpaired) electrons. The molecule has 0 N–H and O–H groups in total. The molecule has 17 heavy (non-hydrogen) atoms. The van der Waals surface area contributed by atoms with Crippen LogP contribution in [0, 0.1) is 0 Å². The molecular weight excluding hydrogens is 234 g/mol. The fourth-order valence-corrected chi connectivity index (χ4v) is 2.65. The molecule has 3 heteroatoms. The molecule has 0 fully saturated rings. The minimum absolute atomic E-state index is 0.0964. The summed E-state index contributed by atoms with van der Waals surface area (Å²) in [7, 11) is 1.67. The monoisotopic (exact) mass is 255 g/mol. The van der Waals surface area contributed by atoms with Crippen molar-refractivity contribution in [1.82, 2.24) is 4.90 Å². The van der Waals surface area contributed by atoms with E-state index in [1.54, 1.807) is 7.11 Å². The van der Waals surface area contributed by atoms with Crippen LogP contribution in [0.4, 0.5) is 0 Å². The van der Waals surface area contributed by atoms with E-state index in [-0.39, 0.29) is 5.50 Å². The zero-order valence-electron chi connectivity index (χ0n) is 11.3. The Morgan fingerprint density at radius 3 is 1.82 bits per heavy atom. The maximum absolute atomic E-state index is 6.54. The normalized spacial score (nSPS) is 13.5. The smallest absolute Gasteiger partial charge is 0.118 e. The average molecular weight is 256 g/mol. The van der Waals surface area contributed by atoms with Crippen LogP contribution in [0.25, 0.3) is 0 Å². The van der Waals surface area contributed by atoms with Crippen molar-refractivity contribution in [1.29, 1.82) is 0 Å². The van der Waals surface area contributed by atoms with Crippen molar-refractivity contribution in [2.75, 3.05) is 7.11 Å². The quantitative estimate of drug-likeness (QED) is 0.581. The highest BCUT2D eigenvalue weighted by Gasteiger charge is 2.23. The number of alkyl halides is 1. The Balaban J connectivity index is 2.89. The molecule has 2 nitrogen and oxygen atoms in total. The van der Waals surface area contributed by atoms with Gasteiger partial charge >= 0.3 is 0 Å². The highest BCUT2D eigenvalue weighted by molar-refractivity contribution is 6.20. The van der Waals surface area contributed by atoms with Gasteiger partial charge in [-0.25, -0.2) is 0 Å². The van der Waals surface area contributed by atoms with Gasteiger partial charge in [-0.15, -0.1) is 11.6 Å². The van der Waals surface area contributed by atoms with E-state index in [4.69, 9.17) is 16.3 Å². The first-order valence-corrected chi connectivity index (χ1v) is 6.46. The van der Waals surface area contributed by atoms with E-state index in [0.29, 0.717) is 12.1 Å². The van der Waals surface area contributed by atoms with Gasteiger partial charge in [0.25, 0.3) is 0 Å². The van der Waals surface area contributed by atoms with E-state index in [1.165, 1.54) is 0 Å². The van der Waals surface area contributed by atoms with Crippen molar-refractivity contribution < 1.29 is 4.74 Å². The van der Waals surface area contributed by atoms with Gasteiger partial charge in [0.15, 0.2) is 0 Å². The van der Waals surface area contributed by atoms with Crippen LogP contribution < -0.4 is 4.74 Å². The summed E-state index contributed by atoms with van der Waals surface area (Å²) in [5.74, 6) is 0.860. The third kappa shape index (κ3) is 3.62. The zero-order valence-corrected chi connectivity index (χ0v) is 12.0. The number of hydrogen-bond acceptors (Lipinski definition) is 2. The molecule has 0 aliphatic rings. The van der Waals surface area contributed by atoms with Crippen molar-refractivity contribution in [2.45, 2.75) is 45.3 Å². The number of hydrogen-bond donors (Lipinski definition) is 0. The summed E-state index contributed by atoms with van der Waals surface area (Å²) in [6, 6.07) is 8.77. The van der Waals surface area contributed by atoms with Crippen molar-refractivity contribution in [2.24, 2.45) is 0 Å². The third-order valence-corrected chi connectivity index (χ3v) is 3.32. The van der Waals surface area contributed by atoms with Crippen LogP contribution >= 0.6 is 11.6 Å². The summed E-state index contributed by atoms with van der Waals surface area (Å²) < 4.78 is 5.15. The Labute approximate surface area is 110 Å². The van der Waals surface area contributed by atoms with Crippen LogP contribution in [0.5, 0.6) is 5.75 Å². The van der Waals surface area contributed by atoms with Gasteiger partial charge in [-0.05, 0) is 45.4 Å². The molecule has 1 rings (SSSR count). The van der Waals surface area contributed by atoms with Crippen LogP contribution in [0.1, 0.15) is 38.8 Å². The summed E-state index contributed by atoms with van der Waals surface area (Å²) in [6.07, 6.45) is 0. The van der Waals surface area contributed by atoms with E-state index < -0.39 is 0 Å². The second kappa shape index (κ2) is 6.27. The lowest BCUT2D eigenvalue weighted by atomic mass is 10.1. The second-order valence-corrected chi connectivity index (χ2v) is 5.16. The predicted octanol–water partition coefficient (Wildman–Crippen LogP) is 4.05. The van der Waals surface area contributed by atoms with Gasteiger partial charge in [-0.1, -0.05) is 12.1 Å². The molecule has 96 valence electrons. The van der Waals surface area contributed by atoms with Gasteiger partial charge < -0.3 is 4.74 Å². The topological polar surface area (TPSA) is 12.5 Å². The number of halogens is 1. The molecule has 0 heterocycles. The first-order valence-electron chi connectivity index (χ1n) is 6.02. The first-order chi connectivity index (χ1) is 7.97. The highest BCUT2D eigenvalue weighted by Crippen LogP contribution is 2.30. The molecule has 0 aromatic heterocycles. The minimum atomic E-state index is -0.0964. The molecule has 1 aromatic carbocycles. The van der Waals surface area contributed by atoms with Gasteiger partial charge in [-0.3, -0.25) is 4.90 Å². The summed E-state index contributed by atoms with van der Waals surface area (Å²) >= 11 is 6.54. The molecular formula is C14H22ClNO. The van der Waals surface area contributed by atoms with Gasteiger partial charge in [0.05, 0.1) is 7.11 Å². The molecule has 0 bridgehead atoms. The van der Waals surface area contributed by atoms with Crippen molar-refractivity contribution in [3.63, 3.8) is 0 Å². The largest absolute Gasteiger partial charge is 0.497 e. The number of ether oxygens (including phenoxy) is 1. The van der Waals surface area contributed by atoms with E-state index in [0.717, 1.165) is 11.3 Å². The Morgan fingerprint density at radius 2 is 1.47 bits per heavy atom. The van der Waals surface area contributed by atoms with E-state index in [9.17, 15) is 0 Å². The Morgan fingerprint density at radius 1 is 1.00 bits per heavy atom. The highest BCUT2D eigenvalue weighted by atomic mass is 35.5. The van der Waals surface area contributed by atoms with E-state index in [1.807, 2.05) is 24.3 Å². The van der Waals surface area contributed by atoms with Crippen molar-refractivity contribution in [3.05, 3.63) is 29.8 Å². The third-order valence-electron chi connectivity index (χ3n) is 2.85. The van der Waals surface area contributed by atoms with Gasteiger partial charge in [0, 0.05) is 12.1 Å². The van der Waals surface area contributed by atoms with Gasteiger partial charge in [0.1, 0.15) is 11.3 Å². The maximum atomic E-state index is 6.54. The lowest BCUT2D eigenvalue weighted by Crippen LogP contribution is -2.38. The predicted molar refractivity (Wildman–Crippen MR) is 73.7 cm³/mol. The van der Waals surface area contributed by atoms with Crippen LogP contribution in [0.3, 0.4) is 0 Å². The Hall–Kier alpha value is -0.730. The summed E-state index contributed by atoms with van der Waals surface area (Å²) in [5.41, 5.74) is 1.01. The molecule has 0 amide bonds. The molecule has 0 saturated carbocycles. The molecule has 0 saturated heterocycles. The lowest BCUT2D eigenvalue weighted by molar-refractivity contribution is 0.156. The van der Waals surface area contributed by atoms with Crippen LogP contribution in [0.2, 0.25) is 0 Å². The molecule has 1 aromatic rings. The summed E-state index contributed by atoms with van der Waals surface area (Å²) in [5, 5.41) is 0. The standard InChI is InChI=1S/C14H22ClNO/c1-10(2)16(11(3)4)14(15)12-6-8-13(17-5)9-7-12/h6-11,14H,1-5H3. The van der Waals surface area contributed by atoms with Crippen LogP contribution in [0.15, 0.2) is 24.3 Å². The van der Waals surface area contributed by atoms with Crippen LogP contribution in [-0.4, -0.2) is 24.1 Å². The summed E-state index contributed by atoms with van der Waals surface area (Å²) in [4.78, 5) is 2.28. The second-order valence-electron chi connectivity index (χ2n) is 4.74. The van der Waals surface area contributed by atoms with Crippen molar-refractivity contribution >= 4 is 11.6 Å². The molecule has 1 unspecified atom stereocenters. The van der Waals surface area contributed by atoms with Gasteiger partial charge in [-0.2, -0.15) is 0 Å². The minimum Gasteiger partial charge on any atom is -0.497 e. The SMILES string of the molecule is COc1ccc(C(Cl)N(C(C)C)C(C)C)cc1. The summed E-state index contributed by atoms with van der Waals surface area (Å²) in [6.45, 7) is 8.66. The molecule has 1 atom stereocenters. The maximum Gasteiger partial charge on any atom is 0.118 e. The number of nitrogens with zero attached hydrogens (tertiary/aromatic N) is 1. The average Bonchev–Trinajstić information content (AvgIpc) is 2.28. The fraction of sp³-hybridized carbons (Fsp3) is 0.571. The van der Waals surface area contributed by atoms with E-state index in [2.05, 4.69) is 32.6 Å². The molecule has 0 aliphatic carbocycles. The fourth-order valence-electron chi connectivity index (χ4n) is 2.05. The Bertz CT molecular complexity index is 327. The first kappa shape index (κ1) is 14.3. The number of rotatable bonds is 5. The Kier molecular flexibility index (Phi) is 5.29. The number of benzene rings is 1. The molecule has 0 aliphatic heterocycles. The van der Waals surface area contributed by atoms with Gasteiger partial charge in [0.2, 0.25) is 0 Å². The zero-order chi connectivity index (χ0) is 13.0. The van der Waals surface area contributed by atoms with Crippen molar-refractivity contribution in [3.8, 4) is 5.75 Å². The van der Waals surface area contributed by atoms with Crippen LogP contribution in [-0.2, 0) is 0 Å².